The molecular weight excluding hydrogens is 274 g/mol. The molecule has 0 radical (unpaired) electrons. The zero-order valence-electron chi connectivity index (χ0n) is 12.3. The summed E-state index contributed by atoms with van der Waals surface area (Å²) >= 11 is 5.86. The Morgan fingerprint density at radius 1 is 1.26 bits per heavy atom. The number of benzene rings is 1. The molecule has 4 heteroatoms. The number of hydrogen-bond donors (Lipinski definition) is 0. The van der Waals surface area contributed by atoms with E-state index in [0.717, 1.165) is 5.56 Å². The zero-order chi connectivity index (χ0) is 14.7. The molecule has 1 rings (SSSR count). The van der Waals surface area contributed by atoms with E-state index in [1.807, 2.05) is 24.3 Å². The average molecular weight is 296 g/mol. The maximum Gasteiger partial charge on any atom is 0.192 e. The predicted octanol–water partition coefficient (Wildman–Crippen LogP) is 4.97. The number of nitriles is 1. The van der Waals surface area contributed by atoms with E-state index in [1.54, 1.807) is 0 Å². The van der Waals surface area contributed by atoms with E-state index < -0.39 is 8.32 Å². The zero-order valence-corrected chi connectivity index (χ0v) is 14.1. The van der Waals surface area contributed by atoms with Crippen LogP contribution in [0.15, 0.2) is 24.3 Å². The molecule has 19 heavy (non-hydrogen) atoms. The summed E-state index contributed by atoms with van der Waals surface area (Å²) < 4.78 is 6.11. The Kier molecular flexibility index (Phi) is 5.20. The van der Waals surface area contributed by atoms with Crippen LogP contribution >= 0.6 is 11.6 Å². The van der Waals surface area contributed by atoms with Gasteiger partial charge >= 0.3 is 0 Å². The maximum absolute atomic E-state index is 9.30. The highest BCUT2D eigenvalue weighted by Crippen LogP contribution is 2.37. The molecule has 104 valence electrons. The van der Waals surface area contributed by atoms with Crippen LogP contribution in [0.3, 0.4) is 0 Å². The molecule has 1 aromatic rings. The SMILES string of the molecule is CC(C)(C)[Si](C)(C)OCC(C#N)c1ccc(Cl)cc1. The molecule has 0 bridgehead atoms. The lowest BCUT2D eigenvalue weighted by atomic mass is 10.0. The molecule has 0 aromatic heterocycles. The van der Waals surface area contributed by atoms with Crippen LogP contribution in [0, 0.1) is 11.3 Å². The lowest BCUT2D eigenvalue weighted by molar-refractivity contribution is 0.280. The van der Waals surface area contributed by atoms with Crippen LogP contribution in [0.4, 0.5) is 0 Å². The van der Waals surface area contributed by atoms with Crippen LogP contribution in [0.2, 0.25) is 23.2 Å². The van der Waals surface area contributed by atoms with Crippen molar-refractivity contribution in [2.75, 3.05) is 6.61 Å². The van der Waals surface area contributed by atoms with Gasteiger partial charge in [-0.3, -0.25) is 0 Å². The van der Waals surface area contributed by atoms with Crippen molar-refractivity contribution in [2.45, 2.75) is 44.8 Å². The molecule has 2 nitrogen and oxygen atoms in total. The fourth-order valence-corrected chi connectivity index (χ4v) is 2.55. The Morgan fingerprint density at radius 2 is 1.79 bits per heavy atom. The monoisotopic (exact) mass is 295 g/mol. The molecule has 0 saturated heterocycles. The maximum atomic E-state index is 9.30. The molecule has 0 spiro atoms. The molecule has 0 saturated carbocycles. The van der Waals surface area contributed by atoms with Crippen LogP contribution in [0.5, 0.6) is 0 Å². The largest absolute Gasteiger partial charge is 0.415 e. The van der Waals surface area contributed by atoms with Gasteiger partial charge in [0.15, 0.2) is 8.32 Å². The fourth-order valence-electron chi connectivity index (χ4n) is 1.41. The second-order valence-corrected chi connectivity index (χ2v) is 11.6. The molecule has 0 aliphatic heterocycles. The number of nitrogens with zero attached hydrogens (tertiary/aromatic N) is 1. The van der Waals surface area contributed by atoms with Crippen LogP contribution in [0.25, 0.3) is 0 Å². The van der Waals surface area contributed by atoms with Gasteiger partial charge in [-0.1, -0.05) is 44.5 Å². The molecule has 0 fully saturated rings. The first-order chi connectivity index (χ1) is 8.67. The fraction of sp³-hybridized carbons (Fsp3) is 0.533. The molecule has 1 unspecified atom stereocenters. The van der Waals surface area contributed by atoms with Crippen molar-refractivity contribution in [3.8, 4) is 6.07 Å². The lowest BCUT2D eigenvalue weighted by Gasteiger charge is -2.36. The summed E-state index contributed by atoms with van der Waals surface area (Å²) in [5.41, 5.74) is 0.964. The minimum Gasteiger partial charge on any atom is -0.415 e. The van der Waals surface area contributed by atoms with Crippen molar-refractivity contribution in [1.29, 1.82) is 5.26 Å². The molecule has 0 aliphatic carbocycles. The normalized spacial score (nSPS) is 13.9. The van der Waals surface area contributed by atoms with Gasteiger partial charge in [-0.25, -0.2) is 0 Å². The summed E-state index contributed by atoms with van der Waals surface area (Å²) in [7, 11) is -1.80. The smallest absolute Gasteiger partial charge is 0.192 e. The van der Waals surface area contributed by atoms with Crippen molar-refractivity contribution < 1.29 is 4.43 Å². The predicted molar refractivity (Wildman–Crippen MR) is 83.0 cm³/mol. The Labute approximate surface area is 122 Å². The standard InChI is InChI=1S/C15H22ClNOSi/c1-15(2,3)19(4,5)18-11-13(10-17)12-6-8-14(16)9-7-12/h6-9,13H,11H2,1-5H3. The van der Waals surface area contributed by atoms with Gasteiger partial charge < -0.3 is 4.43 Å². The highest BCUT2D eigenvalue weighted by Gasteiger charge is 2.37. The van der Waals surface area contributed by atoms with E-state index >= 15 is 0 Å². The lowest BCUT2D eigenvalue weighted by Crippen LogP contribution is -2.41. The van der Waals surface area contributed by atoms with Gasteiger partial charge in [0.05, 0.1) is 18.6 Å². The molecule has 0 aliphatic rings. The van der Waals surface area contributed by atoms with Crippen LogP contribution in [-0.4, -0.2) is 14.9 Å². The summed E-state index contributed by atoms with van der Waals surface area (Å²) in [4.78, 5) is 0. The first kappa shape index (κ1) is 16.2. The quantitative estimate of drug-likeness (QED) is 0.735. The first-order valence-corrected chi connectivity index (χ1v) is 9.75. The Morgan fingerprint density at radius 3 is 2.21 bits per heavy atom. The van der Waals surface area contributed by atoms with Crippen molar-refractivity contribution in [1.82, 2.24) is 0 Å². The highest BCUT2D eigenvalue weighted by molar-refractivity contribution is 6.74. The molecule has 1 aromatic carbocycles. The first-order valence-electron chi connectivity index (χ1n) is 6.46. The Balaban J connectivity index is 2.75. The van der Waals surface area contributed by atoms with Gasteiger partial charge in [0.25, 0.3) is 0 Å². The molecular formula is C15H22ClNOSi. The minimum atomic E-state index is -1.80. The third-order valence-electron chi connectivity index (χ3n) is 3.85. The van der Waals surface area contributed by atoms with Crippen molar-refractivity contribution in [3.63, 3.8) is 0 Å². The van der Waals surface area contributed by atoms with E-state index in [4.69, 9.17) is 16.0 Å². The van der Waals surface area contributed by atoms with Gasteiger partial charge in [-0.05, 0) is 35.8 Å². The van der Waals surface area contributed by atoms with E-state index in [1.165, 1.54) is 0 Å². The van der Waals surface area contributed by atoms with Crippen LogP contribution < -0.4 is 0 Å². The molecule has 0 amide bonds. The minimum absolute atomic E-state index is 0.160. The summed E-state index contributed by atoms with van der Waals surface area (Å²) in [5.74, 6) is -0.230. The van der Waals surface area contributed by atoms with Crippen molar-refractivity contribution >= 4 is 19.9 Å². The number of rotatable bonds is 4. The number of halogens is 1. The van der Waals surface area contributed by atoms with Crippen LogP contribution in [0.1, 0.15) is 32.3 Å². The molecule has 1 atom stereocenters. The Hall–Kier alpha value is -0.823. The van der Waals surface area contributed by atoms with Crippen molar-refractivity contribution in [2.24, 2.45) is 0 Å². The summed E-state index contributed by atoms with van der Waals surface area (Å²) in [5, 5.41) is 10.1. The summed E-state index contributed by atoms with van der Waals surface area (Å²) in [6.45, 7) is 11.4. The summed E-state index contributed by atoms with van der Waals surface area (Å²) in [6, 6.07) is 9.73. The molecule has 0 heterocycles. The van der Waals surface area contributed by atoms with Gasteiger partial charge in [0, 0.05) is 5.02 Å². The van der Waals surface area contributed by atoms with E-state index in [-0.39, 0.29) is 11.0 Å². The average Bonchev–Trinajstić information content (AvgIpc) is 2.30. The number of hydrogen-bond acceptors (Lipinski definition) is 2. The topological polar surface area (TPSA) is 33.0 Å². The van der Waals surface area contributed by atoms with Gasteiger partial charge in [-0.2, -0.15) is 5.26 Å². The van der Waals surface area contributed by atoms with Crippen LogP contribution in [-0.2, 0) is 4.43 Å². The Bertz CT molecular complexity index is 457. The van der Waals surface area contributed by atoms with Gasteiger partial charge in [0.1, 0.15) is 0 Å². The second-order valence-electron chi connectivity index (χ2n) is 6.30. The summed E-state index contributed by atoms with van der Waals surface area (Å²) in [6.07, 6.45) is 0. The van der Waals surface area contributed by atoms with Gasteiger partial charge in [0.2, 0.25) is 0 Å². The second kappa shape index (κ2) is 6.09. The van der Waals surface area contributed by atoms with E-state index in [0.29, 0.717) is 11.6 Å². The van der Waals surface area contributed by atoms with Gasteiger partial charge in [-0.15, -0.1) is 0 Å². The van der Waals surface area contributed by atoms with E-state index in [2.05, 4.69) is 39.9 Å². The van der Waals surface area contributed by atoms with E-state index in [9.17, 15) is 5.26 Å². The highest BCUT2D eigenvalue weighted by atomic mass is 35.5. The molecule has 0 N–H and O–H groups in total. The third kappa shape index (κ3) is 4.34. The van der Waals surface area contributed by atoms with Crippen molar-refractivity contribution in [3.05, 3.63) is 34.9 Å². The third-order valence-corrected chi connectivity index (χ3v) is 8.60.